The molecule has 0 radical (unpaired) electrons. The van der Waals surface area contributed by atoms with Crippen LogP contribution < -0.4 is 16.0 Å². The van der Waals surface area contributed by atoms with Gasteiger partial charge in [-0.05, 0) is 24.5 Å². The van der Waals surface area contributed by atoms with Gasteiger partial charge >= 0.3 is 0 Å². The molecule has 1 aromatic carbocycles. The van der Waals surface area contributed by atoms with Crippen molar-refractivity contribution in [1.29, 1.82) is 0 Å². The highest BCUT2D eigenvalue weighted by Gasteiger charge is 2.04. The van der Waals surface area contributed by atoms with Crippen molar-refractivity contribution >= 4 is 11.6 Å². The molecule has 4 nitrogen and oxygen atoms in total. The number of aliphatic imine (C=N–C) groups is 1. The summed E-state index contributed by atoms with van der Waals surface area (Å²) >= 11 is 0. The molecule has 0 spiro atoms. The number of guanidine groups is 1. The van der Waals surface area contributed by atoms with Gasteiger partial charge < -0.3 is 16.0 Å². The van der Waals surface area contributed by atoms with Gasteiger partial charge in [0, 0.05) is 32.4 Å². The predicted octanol–water partition coefficient (Wildman–Crippen LogP) is 3.09. The summed E-state index contributed by atoms with van der Waals surface area (Å²) in [5.41, 5.74) is 1.17. The van der Waals surface area contributed by atoms with Crippen LogP contribution in [0.15, 0.2) is 35.3 Å². The van der Waals surface area contributed by atoms with Gasteiger partial charge in [-0.15, -0.1) is 0 Å². The highest BCUT2D eigenvalue weighted by atomic mass is 15.2. The second-order valence-electron chi connectivity index (χ2n) is 5.21. The first kappa shape index (κ1) is 17.3. The highest BCUT2D eigenvalue weighted by Crippen LogP contribution is 2.05. The fraction of sp³-hybridized carbons (Fsp3) is 0.588. The smallest absolute Gasteiger partial charge is 0.190 e. The Morgan fingerprint density at radius 3 is 2.38 bits per heavy atom. The number of para-hydroxylation sites is 1. The Hall–Kier alpha value is -1.71. The predicted molar refractivity (Wildman–Crippen MR) is 93.0 cm³/mol. The van der Waals surface area contributed by atoms with Crippen LogP contribution >= 0.6 is 0 Å². The number of benzene rings is 1. The van der Waals surface area contributed by atoms with Gasteiger partial charge in [-0.3, -0.25) is 4.99 Å². The summed E-state index contributed by atoms with van der Waals surface area (Å²) < 4.78 is 0. The fourth-order valence-electron chi connectivity index (χ4n) is 2.12. The number of rotatable bonds is 9. The number of nitrogens with zero attached hydrogens (tertiary/aromatic N) is 1. The van der Waals surface area contributed by atoms with Gasteiger partial charge in [-0.1, -0.05) is 44.9 Å². The minimum atomic E-state index is 0.725. The van der Waals surface area contributed by atoms with Crippen LogP contribution in [0.25, 0.3) is 0 Å². The molecule has 0 aliphatic rings. The van der Waals surface area contributed by atoms with Crippen LogP contribution in [0.4, 0.5) is 5.69 Å². The van der Waals surface area contributed by atoms with Crippen LogP contribution in [0, 0.1) is 5.92 Å². The largest absolute Gasteiger partial charge is 0.385 e. The SMILES string of the molecule is CCC(CC)CNC(=NC)NCCCNc1ccccc1. The quantitative estimate of drug-likeness (QED) is 0.372. The molecule has 0 amide bonds. The van der Waals surface area contributed by atoms with Crippen LogP contribution in [-0.2, 0) is 0 Å². The Bertz CT molecular complexity index is 385. The van der Waals surface area contributed by atoms with Crippen LogP contribution in [0.2, 0.25) is 0 Å². The maximum Gasteiger partial charge on any atom is 0.190 e. The van der Waals surface area contributed by atoms with E-state index in [-0.39, 0.29) is 0 Å². The minimum absolute atomic E-state index is 0.725. The maximum absolute atomic E-state index is 4.26. The van der Waals surface area contributed by atoms with Gasteiger partial charge in [0.15, 0.2) is 5.96 Å². The van der Waals surface area contributed by atoms with Crippen molar-refractivity contribution < 1.29 is 0 Å². The number of hydrogen-bond donors (Lipinski definition) is 3. The monoisotopic (exact) mass is 290 g/mol. The topological polar surface area (TPSA) is 48.5 Å². The number of hydrogen-bond acceptors (Lipinski definition) is 2. The molecule has 0 aliphatic carbocycles. The van der Waals surface area contributed by atoms with E-state index in [0.29, 0.717) is 0 Å². The Morgan fingerprint density at radius 2 is 1.76 bits per heavy atom. The van der Waals surface area contributed by atoms with Gasteiger partial charge in [0.25, 0.3) is 0 Å². The van der Waals surface area contributed by atoms with Gasteiger partial charge in [-0.2, -0.15) is 0 Å². The molecule has 0 saturated carbocycles. The summed E-state index contributed by atoms with van der Waals surface area (Å²) in [7, 11) is 1.82. The molecule has 0 bridgehead atoms. The molecule has 0 aliphatic heterocycles. The van der Waals surface area contributed by atoms with Gasteiger partial charge in [0.2, 0.25) is 0 Å². The summed E-state index contributed by atoms with van der Waals surface area (Å²) in [5, 5.41) is 10.2. The van der Waals surface area contributed by atoms with Crippen molar-refractivity contribution in [3.05, 3.63) is 30.3 Å². The minimum Gasteiger partial charge on any atom is -0.385 e. The van der Waals surface area contributed by atoms with Gasteiger partial charge in [-0.25, -0.2) is 0 Å². The Morgan fingerprint density at radius 1 is 1.05 bits per heavy atom. The second-order valence-corrected chi connectivity index (χ2v) is 5.21. The lowest BCUT2D eigenvalue weighted by Gasteiger charge is -2.16. The van der Waals surface area contributed by atoms with E-state index in [0.717, 1.165) is 37.9 Å². The highest BCUT2D eigenvalue weighted by molar-refractivity contribution is 5.79. The molecule has 0 heterocycles. The van der Waals surface area contributed by atoms with Crippen LogP contribution in [-0.4, -0.2) is 32.6 Å². The van der Waals surface area contributed by atoms with Crippen molar-refractivity contribution in [2.24, 2.45) is 10.9 Å². The van der Waals surface area contributed by atoms with Crippen molar-refractivity contribution in [2.45, 2.75) is 33.1 Å². The lowest BCUT2D eigenvalue weighted by Crippen LogP contribution is -2.40. The lowest BCUT2D eigenvalue weighted by molar-refractivity contribution is 0.481. The van der Waals surface area contributed by atoms with Gasteiger partial charge in [0.1, 0.15) is 0 Å². The molecule has 0 unspecified atom stereocenters. The van der Waals surface area contributed by atoms with E-state index in [1.165, 1.54) is 18.5 Å². The summed E-state index contributed by atoms with van der Waals surface area (Å²) in [6.07, 6.45) is 3.48. The van der Waals surface area contributed by atoms with E-state index < -0.39 is 0 Å². The molecule has 0 saturated heterocycles. The maximum atomic E-state index is 4.26. The van der Waals surface area contributed by atoms with E-state index in [1.54, 1.807) is 0 Å². The molecule has 1 rings (SSSR count). The molecular weight excluding hydrogens is 260 g/mol. The number of anilines is 1. The Balaban J connectivity index is 2.12. The Labute approximate surface area is 129 Å². The van der Waals surface area contributed by atoms with Crippen molar-refractivity contribution in [1.82, 2.24) is 10.6 Å². The molecule has 1 aromatic rings. The second kappa shape index (κ2) is 11.0. The average molecular weight is 290 g/mol. The van der Waals surface area contributed by atoms with Crippen molar-refractivity contribution in [3.8, 4) is 0 Å². The average Bonchev–Trinajstić information content (AvgIpc) is 2.54. The van der Waals surface area contributed by atoms with E-state index in [9.17, 15) is 0 Å². The summed E-state index contributed by atoms with van der Waals surface area (Å²) in [4.78, 5) is 4.26. The number of nitrogens with one attached hydrogen (secondary N) is 3. The van der Waals surface area contributed by atoms with Crippen LogP contribution in [0.1, 0.15) is 33.1 Å². The molecule has 118 valence electrons. The fourth-order valence-corrected chi connectivity index (χ4v) is 2.12. The Kier molecular flexibility index (Phi) is 9.09. The third-order valence-electron chi connectivity index (χ3n) is 3.69. The molecule has 4 heteroatoms. The van der Waals surface area contributed by atoms with E-state index in [1.807, 2.05) is 25.2 Å². The molecule has 3 N–H and O–H groups in total. The van der Waals surface area contributed by atoms with Crippen molar-refractivity contribution in [3.63, 3.8) is 0 Å². The van der Waals surface area contributed by atoms with Gasteiger partial charge in [0.05, 0.1) is 0 Å². The third kappa shape index (κ3) is 7.59. The lowest BCUT2D eigenvalue weighted by atomic mass is 10.0. The molecule has 21 heavy (non-hydrogen) atoms. The van der Waals surface area contributed by atoms with E-state index >= 15 is 0 Å². The molecule has 0 atom stereocenters. The zero-order chi connectivity index (χ0) is 15.3. The van der Waals surface area contributed by atoms with Crippen LogP contribution in [0.5, 0.6) is 0 Å². The summed E-state index contributed by atoms with van der Waals surface area (Å²) in [6.45, 7) is 7.35. The molecule has 0 aromatic heterocycles. The van der Waals surface area contributed by atoms with E-state index in [4.69, 9.17) is 0 Å². The molecule has 0 fully saturated rings. The first-order valence-electron chi connectivity index (χ1n) is 8.03. The molecular formula is C17H30N4. The first-order valence-corrected chi connectivity index (χ1v) is 8.03. The van der Waals surface area contributed by atoms with E-state index in [2.05, 4.69) is 46.9 Å². The first-order chi connectivity index (χ1) is 10.3. The summed E-state index contributed by atoms with van der Waals surface area (Å²) in [5.74, 6) is 1.63. The standard InChI is InChI=1S/C17H30N4/c1-4-15(5-2)14-21-17(18-3)20-13-9-12-19-16-10-7-6-8-11-16/h6-8,10-11,15,19H,4-5,9,12-14H2,1-3H3,(H2,18,20,21). The van der Waals surface area contributed by atoms with Crippen LogP contribution in [0.3, 0.4) is 0 Å². The zero-order valence-corrected chi connectivity index (χ0v) is 13.7. The van der Waals surface area contributed by atoms with Crippen molar-refractivity contribution in [2.75, 3.05) is 32.0 Å². The summed E-state index contributed by atoms with van der Waals surface area (Å²) in [6, 6.07) is 10.3. The third-order valence-corrected chi connectivity index (χ3v) is 3.69. The zero-order valence-electron chi connectivity index (χ0n) is 13.7. The normalized spacial score (nSPS) is 11.5.